The van der Waals surface area contributed by atoms with E-state index >= 15 is 0 Å². The highest BCUT2D eigenvalue weighted by molar-refractivity contribution is 5.81. The third-order valence-corrected chi connectivity index (χ3v) is 6.37. The Hall–Kier alpha value is -2.66. The lowest BCUT2D eigenvalue weighted by molar-refractivity contribution is 0.209. The van der Waals surface area contributed by atoms with Gasteiger partial charge in [0.1, 0.15) is 0 Å². The predicted octanol–water partition coefficient (Wildman–Crippen LogP) is 4.67. The molecule has 0 amide bonds. The third-order valence-electron chi connectivity index (χ3n) is 6.37. The molecule has 2 fully saturated rings. The molecule has 5 rings (SSSR count). The van der Waals surface area contributed by atoms with Crippen molar-refractivity contribution in [3.05, 3.63) is 48.7 Å². The third kappa shape index (κ3) is 4.41. The van der Waals surface area contributed by atoms with Gasteiger partial charge in [-0.1, -0.05) is 18.2 Å². The minimum absolute atomic E-state index is 0.605. The van der Waals surface area contributed by atoms with Gasteiger partial charge in [0.25, 0.3) is 0 Å². The lowest BCUT2D eigenvalue weighted by Crippen LogP contribution is -2.30. The van der Waals surface area contributed by atoms with E-state index in [4.69, 9.17) is 9.72 Å². The molecule has 2 aliphatic rings. The molecular weight excluding hydrogens is 372 g/mol. The predicted molar refractivity (Wildman–Crippen MR) is 122 cm³/mol. The normalized spacial score (nSPS) is 17.9. The summed E-state index contributed by atoms with van der Waals surface area (Å²) in [5.41, 5.74) is 5.49. The SMILES string of the molecule is c1cc(N2CCCCC2)ccc1-c1ccc2ncc(OCC3CCNCC3)nc2c1. The molecule has 0 saturated carbocycles. The number of nitrogens with one attached hydrogen (secondary N) is 1. The van der Waals surface area contributed by atoms with E-state index in [0.29, 0.717) is 11.8 Å². The summed E-state index contributed by atoms with van der Waals surface area (Å²) >= 11 is 0. The van der Waals surface area contributed by atoms with Gasteiger partial charge in [0.2, 0.25) is 5.88 Å². The Bertz CT molecular complexity index is 976. The van der Waals surface area contributed by atoms with Crippen molar-refractivity contribution in [1.82, 2.24) is 15.3 Å². The summed E-state index contributed by atoms with van der Waals surface area (Å²) in [7, 11) is 0. The van der Waals surface area contributed by atoms with Crippen LogP contribution < -0.4 is 15.0 Å². The van der Waals surface area contributed by atoms with E-state index in [9.17, 15) is 0 Å². The number of hydrogen-bond donors (Lipinski definition) is 1. The Labute approximate surface area is 178 Å². The summed E-state index contributed by atoms with van der Waals surface area (Å²) < 4.78 is 5.98. The van der Waals surface area contributed by atoms with E-state index in [1.54, 1.807) is 6.20 Å². The van der Waals surface area contributed by atoms with Crippen molar-refractivity contribution in [1.29, 1.82) is 0 Å². The van der Waals surface area contributed by atoms with Crippen molar-refractivity contribution in [3.8, 4) is 17.0 Å². The molecule has 2 saturated heterocycles. The zero-order valence-electron chi connectivity index (χ0n) is 17.5. The van der Waals surface area contributed by atoms with Crippen LogP contribution in [0.25, 0.3) is 22.2 Å². The number of piperidine rings is 2. The van der Waals surface area contributed by atoms with E-state index in [1.807, 2.05) is 6.07 Å². The monoisotopic (exact) mass is 402 g/mol. The molecule has 156 valence electrons. The minimum Gasteiger partial charge on any atom is -0.476 e. The fraction of sp³-hybridized carbons (Fsp3) is 0.440. The summed E-state index contributed by atoms with van der Waals surface area (Å²) in [5, 5.41) is 3.39. The summed E-state index contributed by atoms with van der Waals surface area (Å²) in [4.78, 5) is 11.8. The first kappa shape index (κ1) is 19.3. The maximum Gasteiger partial charge on any atom is 0.232 e. The van der Waals surface area contributed by atoms with Crippen LogP contribution in [0.1, 0.15) is 32.1 Å². The van der Waals surface area contributed by atoms with Gasteiger partial charge in [-0.2, -0.15) is 0 Å². The first-order chi connectivity index (χ1) is 14.8. The minimum atomic E-state index is 0.605. The quantitative estimate of drug-likeness (QED) is 0.672. The molecule has 5 heteroatoms. The van der Waals surface area contributed by atoms with E-state index in [-0.39, 0.29) is 0 Å². The first-order valence-corrected chi connectivity index (χ1v) is 11.3. The molecule has 2 aliphatic heterocycles. The molecule has 0 unspecified atom stereocenters. The van der Waals surface area contributed by atoms with Crippen molar-refractivity contribution in [3.63, 3.8) is 0 Å². The van der Waals surface area contributed by atoms with Crippen LogP contribution in [0.5, 0.6) is 5.88 Å². The maximum atomic E-state index is 5.98. The first-order valence-electron chi connectivity index (χ1n) is 11.3. The number of rotatable bonds is 5. The fourth-order valence-electron chi connectivity index (χ4n) is 4.51. The zero-order chi connectivity index (χ0) is 20.2. The topological polar surface area (TPSA) is 50.3 Å². The Kier molecular flexibility index (Phi) is 5.80. The van der Waals surface area contributed by atoms with Gasteiger partial charge in [-0.25, -0.2) is 9.97 Å². The van der Waals surface area contributed by atoms with Gasteiger partial charge in [-0.3, -0.25) is 0 Å². The lowest BCUT2D eigenvalue weighted by Gasteiger charge is -2.28. The van der Waals surface area contributed by atoms with Crippen molar-refractivity contribution in [2.24, 2.45) is 5.92 Å². The molecule has 0 atom stereocenters. The highest BCUT2D eigenvalue weighted by Crippen LogP contribution is 2.27. The number of anilines is 1. The van der Waals surface area contributed by atoms with Crippen LogP contribution in [0.4, 0.5) is 5.69 Å². The van der Waals surface area contributed by atoms with Crippen LogP contribution >= 0.6 is 0 Å². The Balaban J connectivity index is 1.31. The smallest absolute Gasteiger partial charge is 0.232 e. The van der Waals surface area contributed by atoms with Gasteiger partial charge in [0, 0.05) is 18.8 Å². The molecule has 2 aromatic carbocycles. The molecule has 1 N–H and O–H groups in total. The Morgan fingerprint density at radius 1 is 0.900 bits per heavy atom. The standard InChI is InChI=1S/C25H30N4O/c1-2-14-29(15-3-1)22-7-4-20(5-8-22)21-6-9-23-24(16-21)28-25(17-27-23)30-18-19-10-12-26-13-11-19/h4-9,16-17,19,26H,1-3,10-15,18H2. The fourth-order valence-corrected chi connectivity index (χ4v) is 4.51. The molecule has 0 spiro atoms. The van der Waals surface area contributed by atoms with Crippen molar-refractivity contribution >= 4 is 16.7 Å². The van der Waals surface area contributed by atoms with Crippen molar-refractivity contribution in [2.45, 2.75) is 32.1 Å². The summed E-state index contributed by atoms with van der Waals surface area (Å²) in [6.45, 7) is 5.23. The number of benzene rings is 2. The zero-order valence-corrected chi connectivity index (χ0v) is 17.5. The highest BCUT2D eigenvalue weighted by Gasteiger charge is 2.14. The maximum absolute atomic E-state index is 5.98. The largest absolute Gasteiger partial charge is 0.476 e. The molecule has 3 heterocycles. The Morgan fingerprint density at radius 3 is 2.47 bits per heavy atom. The van der Waals surface area contributed by atoms with Crippen molar-refractivity contribution in [2.75, 3.05) is 37.7 Å². The molecular formula is C25H30N4O. The average molecular weight is 403 g/mol. The number of hydrogen-bond acceptors (Lipinski definition) is 5. The number of nitrogens with zero attached hydrogens (tertiary/aromatic N) is 3. The average Bonchev–Trinajstić information content (AvgIpc) is 2.83. The van der Waals surface area contributed by atoms with E-state index in [2.05, 4.69) is 51.6 Å². The second-order valence-electron chi connectivity index (χ2n) is 8.51. The van der Waals surface area contributed by atoms with Gasteiger partial charge in [-0.15, -0.1) is 0 Å². The summed E-state index contributed by atoms with van der Waals surface area (Å²) in [5.74, 6) is 1.23. The molecule has 3 aromatic rings. The van der Waals surface area contributed by atoms with Gasteiger partial charge >= 0.3 is 0 Å². The van der Waals surface area contributed by atoms with Gasteiger partial charge in [-0.05, 0) is 86.5 Å². The van der Waals surface area contributed by atoms with Crippen LogP contribution in [-0.2, 0) is 0 Å². The van der Waals surface area contributed by atoms with Crippen LogP contribution in [-0.4, -0.2) is 42.8 Å². The number of fused-ring (bicyclic) bond motifs is 1. The summed E-state index contributed by atoms with van der Waals surface area (Å²) in [6.07, 6.45) is 8.03. The van der Waals surface area contributed by atoms with E-state index < -0.39 is 0 Å². The Morgan fingerprint density at radius 2 is 1.67 bits per heavy atom. The number of aromatic nitrogens is 2. The van der Waals surface area contributed by atoms with Crippen LogP contribution in [0, 0.1) is 5.92 Å². The van der Waals surface area contributed by atoms with Crippen LogP contribution in [0.3, 0.4) is 0 Å². The van der Waals surface area contributed by atoms with Crippen molar-refractivity contribution < 1.29 is 4.74 Å². The van der Waals surface area contributed by atoms with Gasteiger partial charge < -0.3 is 15.0 Å². The number of ether oxygens (including phenoxy) is 1. The second-order valence-corrected chi connectivity index (χ2v) is 8.51. The van der Waals surface area contributed by atoms with E-state index in [0.717, 1.165) is 36.3 Å². The van der Waals surface area contributed by atoms with Gasteiger partial charge in [0.15, 0.2) is 0 Å². The van der Waals surface area contributed by atoms with Gasteiger partial charge in [0.05, 0.1) is 23.8 Å². The van der Waals surface area contributed by atoms with Crippen LogP contribution in [0.15, 0.2) is 48.7 Å². The molecule has 30 heavy (non-hydrogen) atoms. The molecule has 5 nitrogen and oxygen atoms in total. The lowest BCUT2D eigenvalue weighted by atomic mass is 9.99. The second kappa shape index (κ2) is 9.00. The molecule has 0 radical (unpaired) electrons. The summed E-state index contributed by atoms with van der Waals surface area (Å²) in [6, 6.07) is 15.2. The highest BCUT2D eigenvalue weighted by atomic mass is 16.5. The molecule has 0 aliphatic carbocycles. The molecule has 0 bridgehead atoms. The van der Waals surface area contributed by atoms with Crippen LogP contribution in [0.2, 0.25) is 0 Å². The molecule has 1 aromatic heterocycles. The van der Waals surface area contributed by atoms with E-state index in [1.165, 1.54) is 56.4 Å².